The Bertz CT molecular complexity index is 514. The van der Waals surface area contributed by atoms with Crippen LogP contribution in [-0.4, -0.2) is 9.97 Å². The van der Waals surface area contributed by atoms with E-state index >= 15 is 0 Å². The first-order valence-electron chi connectivity index (χ1n) is 6.14. The van der Waals surface area contributed by atoms with Gasteiger partial charge in [-0.2, -0.15) is 0 Å². The summed E-state index contributed by atoms with van der Waals surface area (Å²) in [6, 6.07) is 2.48. The Balaban J connectivity index is 2.00. The van der Waals surface area contributed by atoms with E-state index in [2.05, 4.69) is 42.1 Å². The van der Waals surface area contributed by atoms with Crippen molar-refractivity contribution in [3.63, 3.8) is 0 Å². The first-order chi connectivity index (χ1) is 8.58. The molecule has 2 rings (SSSR count). The highest BCUT2D eigenvalue weighted by molar-refractivity contribution is 7.12. The van der Waals surface area contributed by atoms with Gasteiger partial charge in [-0.05, 0) is 39.3 Å². The van der Waals surface area contributed by atoms with Crippen molar-refractivity contribution in [1.82, 2.24) is 15.3 Å². The predicted molar refractivity (Wildman–Crippen MR) is 75.8 cm³/mol. The molecule has 0 fully saturated rings. The van der Waals surface area contributed by atoms with Gasteiger partial charge < -0.3 is 5.32 Å². The lowest BCUT2D eigenvalue weighted by molar-refractivity contribution is 0.559. The highest BCUT2D eigenvalue weighted by Crippen LogP contribution is 2.21. The van der Waals surface area contributed by atoms with Gasteiger partial charge in [0.25, 0.3) is 0 Å². The van der Waals surface area contributed by atoms with Crippen LogP contribution in [0.3, 0.4) is 0 Å². The molecule has 0 bridgehead atoms. The maximum absolute atomic E-state index is 4.39. The van der Waals surface area contributed by atoms with Crippen molar-refractivity contribution in [2.45, 2.75) is 40.3 Å². The molecule has 2 aromatic heterocycles. The first-order valence-corrected chi connectivity index (χ1v) is 6.96. The van der Waals surface area contributed by atoms with Gasteiger partial charge in [-0.1, -0.05) is 0 Å². The lowest BCUT2D eigenvalue weighted by atomic mass is 10.2. The second-order valence-electron chi connectivity index (χ2n) is 4.58. The highest BCUT2D eigenvalue weighted by atomic mass is 32.1. The van der Waals surface area contributed by atoms with E-state index in [4.69, 9.17) is 0 Å². The molecule has 0 saturated carbocycles. The molecule has 1 unspecified atom stereocenters. The quantitative estimate of drug-likeness (QED) is 0.917. The molecule has 0 aliphatic heterocycles. The van der Waals surface area contributed by atoms with Crippen LogP contribution in [0.1, 0.15) is 39.7 Å². The molecule has 4 heteroatoms. The zero-order valence-corrected chi connectivity index (χ0v) is 12.1. The molecule has 18 heavy (non-hydrogen) atoms. The Morgan fingerprint density at radius 2 is 1.94 bits per heavy atom. The Hall–Kier alpha value is -1.26. The fraction of sp³-hybridized carbons (Fsp3) is 0.429. The zero-order valence-electron chi connectivity index (χ0n) is 11.3. The summed E-state index contributed by atoms with van der Waals surface area (Å²) in [7, 11) is 0. The van der Waals surface area contributed by atoms with Crippen LogP contribution in [0.15, 0.2) is 18.5 Å². The number of aromatic nitrogens is 2. The smallest absolute Gasteiger partial charge is 0.0782 e. The van der Waals surface area contributed by atoms with E-state index in [1.165, 1.54) is 15.3 Å². The fourth-order valence-corrected chi connectivity index (χ4v) is 2.94. The Labute approximate surface area is 112 Å². The minimum absolute atomic E-state index is 0.224. The molecular weight excluding hydrogens is 242 g/mol. The molecule has 0 saturated heterocycles. The van der Waals surface area contributed by atoms with Crippen molar-refractivity contribution in [2.75, 3.05) is 0 Å². The topological polar surface area (TPSA) is 37.8 Å². The van der Waals surface area contributed by atoms with Crippen molar-refractivity contribution in [3.05, 3.63) is 45.2 Å². The van der Waals surface area contributed by atoms with E-state index in [9.17, 15) is 0 Å². The lowest BCUT2D eigenvalue weighted by Gasteiger charge is -2.13. The van der Waals surface area contributed by atoms with Crippen molar-refractivity contribution >= 4 is 11.3 Å². The van der Waals surface area contributed by atoms with Crippen LogP contribution in [0.4, 0.5) is 0 Å². The summed E-state index contributed by atoms with van der Waals surface area (Å²) in [5.41, 5.74) is 3.40. The van der Waals surface area contributed by atoms with E-state index in [0.717, 1.165) is 17.9 Å². The second kappa shape index (κ2) is 5.59. The van der Waals surface area contributed by atoms with E-state index in [1.807, 2.05) is 18.3 Å². The summed E-state index contributed by atoms with van der Waals surface area (Å²) in [4.78, 5) is 11.4. The molecule has 0 spiro atoms. The summed E-state index contributed by atoms with van der Waals surface area (Å²) >= 11 is 1.86. The molecule has 1 atom stereocenters. The van der Waals surface area contributed by atoms with Crippen LogP contribution < -0.4 is 5.32 Å². The van der Waals surface area contributed by atoms with Crippen molar-refractivity contribution in [1.29, 1.82) is 0 Å². The largest absolute Gasteiger partial charge is 0.304 e. The summed E-state index contributed by atoms with van der Waals surface area (Å²) in [5.74, 6) is 0. The molecule has 96 valence electrons. The van der Waals surface area contributed by atoms with Gasteiger partial charge >= 0.3 is 0 Å². The molecule has 2 aromatic rings. The van der Waals surface area contributed by atoms with Crippen LogP contribution in [-0.2, 0) is 6.54 Å². The van der Waals surface area contributed by atoms with Gasteiger partial charge in [-0.3, -0.25) is 9.97 Å². The van der Waals surface area contributed by atoms with Gasteiger partial charge in [0.15, 0.2) is 0 Å². The zero-order chi connectivity index (χ0) is 13.1. The summed E-state index contributed by atoms with van der Waals surface area (Å²) in [6.07, 6.45) is 3.48. The van der Waals surface area contributed by atoms with Crippen molar-refractivity contribution in [2.24, 2.45) is 0 Å². The molecule has 0 radical (unpaired) electrons. The lowest BCUT2D eigenvalue weighted by Crippen LogP contribution is -2.19. The molecule has 1 N–H and O–H groups in total. The van der Waals surface area contributed by atoms with Gasteiger partial charge in [-0.15, -0.1) is 11.3 Å². The summed E-state index contributed by atoms with van der Waals surface area (Å²) in [6.45, 7) is 9.34. The second-order valence-corrected chi connectivity index (χ2v) is 5.92. The van der Waals surface area contributed by atoms with Crippen LogP contribution in [0.25, 0.3) is 0 Å². The maximum Gasteiger partial charge on any atom is 0.0782 e. The average Bonchev–Trinajstić information content (AvgIpc) is 2.66. The average molecular weight is 261 g/mol. The summed E-state index contributed by atoms with van der Waals surface area (Å²) in [5, 5.41) is 3.50. The Morgan fingerprint density at radius 3 is 2.56 bits per heavy atom. The molecule has 2 heterocycles. The monoisotopic (exact) mass is 261 g/mol. The van der Waals surface area contributed by atoms with Crippen LogP contribution in [0, 0.1) is 20.8 Å². The molecule has 0 aromatic carbocycles. The highest BCUT2D eigenvalue weighted by Gasteiger charge is 2.10. The van der Waals surface area contributed by atoms with E-state index < -0.39 is 0 Å². The van der Waals surface area contributed by atoms with Crippen LogP contribution in [0.5, 0.6) is 0 Å². The van der Waals surface area contributed by atoms with E-state index in [1.54, 1.807) is 12.4 Å². The Kier molecular flexibility index (Phi) is 4.09. The van der Waals surface area contributed by atoms with Gasteiger partial charge in [0.2, 0.25) is 0 Å². The molecule has 0 aliphatic carbocycles. The standard InChI is InChI=1S/C14H19N3S/c1-9-7-13(18-12(9)4)8-17-11(3)14-10(2)15-5-6-16-14/h5-7,11,17H,8H2,1-4H3. The van der Waals surface area contributed by atoms with Crippen molar-refractivity contribution in [3.8, 4) is 0 Å². The van der Waals surface area contributed by atoms with Gasteiger partial charge in [-0.25, -0.2) is 0 Å². The number of nitrogens with one attached hydrogen (secondary N) is 1. The number of thiophene rings is 1. The molecular formula is C14H19N3S. The third-order valence-corrected chi connectivity index (χ3v) is 4.28. The van der Waals surface area contributed by atoms with E-state index in [-0.39, 0.29) is 6.04 Å². The molecule has 0 amide bonds. The van der Waals surface area contributed by atoms with Gasteiger partial charge in [0.1, 0.15) is 0 Å². The Morgan fingerprint density at radius 1 is 1.22 bits per heavy atom. The number of hydrogen-bond donors (Lipinski definition) is 1. The minimum Gasteiger partial charge on any atom is -0.304 e. The normalized spacial score (nSPS) is 12.7. The SMILES string of the molecule is Cc1cc(CNC(C)c2nccnc2C)sc1C. The molecule has 0 aliphatic rings. The number of hydrogen-bond acceptors (Lipinski definition) is 4. The minimum atomic E-state index is 0.224. The number of nitrogens with zero attached hydrogens (tertiary/aromatic N) is 2. The predicted octanol–water partition coefficient (Wildman–Crippen LogP) is 3.31. The summed E-state index contributed by atoms with van der Waals surface area (Å²) < 4.78 is 0. The van der Waals surface area contributed by atoms with Crippen LogP contribution >= 0.6 is 11.3 Å². The third kappa shape index (κ3) is 2.94. The van der Waals surface area contributed by atoms with Crippen molar-refractivity contribution < 1.29 is 0 Å². The first kappa shape index (κ1) is 13.2. The van der Waals surface area contributed by atoms with Gasteiger partial charge in [0, 0.05) is 34.7 Å². The van der Waals surface area contributed by atoms with Gasteiger partial charge in [0.05, 0.1) is 11.4 Å². The maximum atomic E-state index is 4.39. The number of aryl methyl sites for hydroxylation is 3. The number of rotatable bonds is 4. The third-order valence-electron chi connectivity index (χ3n) is 3.13. The van der Waals surface area contributed by atoms with Crippen LogP contribution in [0.2, 0.25) is 0 Å². The fourth-order valence-electron chi connectivity index (χ4n) is 1.93. The molecule has 3 nitrogen and oxygen atoms in total. The van der Waals surface area contributed by atoms with E-state index in [0.29, 0.717) is 0 Å².